The molecule has 144 valence electrons. The summed E-state index contributed by atoms with van der Waals surface area (Å²) in [5.41, 5.74) is 2.00. The van der Waals surface area contributed by atoms with Crippen molar-refractivity contribution in [2.24, 2.45) is 0 Å². The number of nitriles is 1. The number of aromatic nitrogens is 1. The van der Waals surface area contributed by atoms with Gasteiger partial charge in [-0.2, -0.15) is 9.64 Å². The Labute approximate surface area is 173 Å². The van der Waals surface area contributed by atoms with Gasteiger partial charge >= 0.3 is 5.97 Å². The highest BCUT2D eigenvalue weighted by atomic mass is 32.2. The molecule has 0 radical (unpaired) electrons. The van der Waals surface area contributed by atoms with Gasteiger partial charge in [0.1, 0.15) is 10.3 Å². The minimum Gasteiger partial charge on any atom is -0.459 e. The van der Waals surface area contributed by atoms with E-state index < -0.39 is 10.3 Å². The maximum Gasteiger partial charge on any atom is 0.322 e. The van der Waals surface area contributed by atoms with Crippen molar-refractivity contribution in [2.75, 3.05) is 0 Å². The fraction of sp³-hybridized carbons (Fsp3) is 0.318. The molecule has 0 amide bonds. The molecule has 0 aliphatic carbocycles. The van der Waals surface area contributed by atoms with Gasteiger partial charge in [0.2, 0.25) is 0 Å². The molecule has 0 saturated carbocycles. The summed E-state index contributed by atoms with van der Waals surface area (Å²) in [5, 5.41) is 10.3. The lowest BCUT2D eigenvalue weighted by atomic mass is 10.0. The molecule has 0 aliphatic rings. The summed E-state index contributed by atoms with van der Waals surface area (Å²) < 4.78 is 10.2. The van der Waals surface area contributed by atoms with Gasteiger partial charge in [0, 0.05) is 22.0 Å². The highest BCUT2D eigenvalue weighted by Crippen LogP contribution is 2.44. The summed E-state index contributed by atoms with van der Waals surface area (Å²) in [5.74, 6) is -0.258. The Hall–Kier alpha value is -2.36. The molecule has 2 aromatic carbocycles. The van der Waals surface area contributed by atoms with Crippen LogP contribution < -0.4 is 0 Å². The van der Waals surface area contributed by atoms with Gasteiger partial charge in [0.15, 0.2) is 0 Å². The molecular weight excluding hydrogens is 388 g/mol. The third-order valence-electron chi connectivity index (χ3n) is 4.02. The lowest BCUT2D eigenvalue weighted by Gasteiger charge is -2.28. The van der Waals surface area contributed by atoms with E-state index in [1.807, 2.05) is 71.1 Å². The number of carbonyl (C=O) groups is 1. The molecule has 0 fully saturated rings. The summed E-state index contributed by atoms with van der Waals surface area (Å²) in [6.45, 7) is 9.35. The minimum absolute atomic E-state index is 0.258. The van der Waals surface area contributed by atoms with Crippen molar-refractivity contribution in [3.63, 3.8) is 0 Å². The van der Waals surface area contributed by atoms with Gasteiger partial charge in [0.25, 0.3) is 0 Å². The van der Waals surface area contributed by atoms with Gasteiger partial charge in [-0.1, -0.05) is 18.2 Å². The van der Waals surface area contributed by atoms with Crippen LogP contribution in [-0.2, 0) is 9.53 Å². The molecule has 0 spiro atoms. The van der Waals surface area contributed by atoms with Gasteiger partial charge in [-0.15, -0.1) is 11.8 Å². The van der Waals surface area contributed by atoms with E-state index in [-0.39, 0.29) is 5.97 Å². The number of esters is 1. The molecule has 0 bridgehead atoms. The number of carbonyl (C=O) groups excluding carboxylic acids is 1. The average Bonchev–Trinajstić information content (AvgIpc) is 3.08. The molecule has 0 N–H and O–H groups in total. The fourth-order valence-electron chi connectivity index (χ4n) is 2.74. The van der Waals surface area contributed by atoms with Gasteiger partial charge in [0.05, 0.1) is 16.3 Å². The number of rotatable bonds is 4. The predicted octanol–water partition coefficient (Wildman–Crippen LogP) is 6.05. The highest BCUT2D eigenvalue weighted by molar-refractivity contribution is 8.01. The Kier molecular flexibility index (Phi) is 5.51. The zero-order valence-corrected chi connectivity index (χ0v) is 18.2. The Morgan fingerprint density at radius 3 is 2.61 bits per heavy atom. The molecule has 1 heterocycles. The Morgan fingerprint density at radius 2 is 1.93 bits per heavy atom. The number of ether oxygens (including phenoxy) is 1. The number of nitrogens with zero attached hydrogens (tertiary/aromatic N) is 2. The summed E-state index contributed by atoms with van der Waals surface area (Å²) in [7, 11) is 0. The summed E-state index contributed by atoms with van der Waals surface area (Å²) in [4.78, 5) is 13.7. The van der Waals surface area contributed by atoms with E-state index in [0.717, 1.165) is 26.1 Å². The predicted molar refractivity (Wildman–Crippen MR) is 116 cm³/mol. The lowest BCUT2D eigenvalue weighted by Crippen LogP contribution is -2.36. The molecule has 0 aliphatic heterocycles. The van der Waals surface area contributed by atoms with Crippen LogP contribution in [0.25, 0.3) is 21.2 Å². The van der Waals surface area contributed by atoms with Gasteiger partial charge < -0.3 is 4.74 Å². The number of hydrogen-bond donors (Lipinski definition) is 0. The van der Waals surface area contributed by atoms with Crippen molar-refractivity contribution in [3.05, 3.63) is 48.2 Å². The van der Waals surface area contributed by atoms with Crippen LogP contribution in [0.1, 0.15) is 40.2 Å². The minimum atomic E-state index is -0.771. The summed E-state index contributed by atoms with van der Waals surface area (Å²) in [6, 6.07) is 13.8. The molecule has 0 saturated heterocycles. The second-order valence-electron chi connectivity index (χ2n) is 7.99. The quantitative estimate of drug-likeness (QED) is 0.387. The second kappa shape index (κ2) is 7.57. The van der Waals surface area contributed by atoms with E-state index in [2.05, 4.69) is 10.4 Å². The molecular formula is C22H22N2O2S2. The molecule has 3 rings (SSSR count). The molecule has 3 aromatic rings. The molecule has 4 nitrogen and oxygen atoms in total. The third kappa shape index (κ3) is 4.37. The highest BCUT2D eigenvalue weighted by Gasteiger charge is 2.34. The summed E-state index contributed by atoms with van der Waals surface area (Å²) >= 11 is 2.89. The molecule has 6 heteroatoms. The number of thioether (sulfide) groups is 1. The fourth-order valence-corrected chi connectivity index (χ4v) is 4.75. The van der Waals surface area contributed by atoms with Crippen LogP contribution in [0.15, 0.2) is 47.5 Å². The van der Waals surface area contributed by atoms with Crippen LogP contribution in [0.2, 0.25) is 0 Å². The smallest absolute Gasteiger partial charge is 0.322 e. The van der Waals surface area contributed by atoms with Crippen LogP contribution in [0.3, 0.4) is 0 Å². The second-order valence-corrected chi connectivity index (χ2v) is 10.5. The van der Waals surface area contributed by atoms with E-state index in [1.54, 1.807) is 6.07 Å². The normalized spacial score (nSPS) is 12.0. The van der Waals surface area contributed by atoms with Gasteiger partial charge in [-0.3, -0.25) is 4.79 Å². The first-order valence-corrected chi connectivity index (χ1v) is 10.5. The van der Waals surface area contributed by atoms with E-state index in [0.29, 0.717) is 5.56 Å². The number of benzene rings is 2. The molecule has 28 heavy (non-hydrogen) atoms. The standard InChI is InChI=1S/C22H22N2O2S2/c1-21(2,3)26-20(25)22(4,5)27-17-10-9-16-13-24-28-19(16)18(17)15-8-6-7-14(11-15)12-23/h6-11,13H,1-5H3. The third-order valence-corrected chi connectivity index (χ3v) is 6.09. The summed E-state index contributed by atoms with van der Waals surface area (Å²) in [6.07, 6.45) is 1.84. The van der Waals surface area contributed by atoms with Crippen LogP contribution in [0.5, 0.6) is 0 Å². The Bertz CT molecular complexity index is 1070. The first kappa shape index (κ1) is 20.4. The van der Waals surface area contributed by atoms with E-state index in [9.17, 15) is 10.1 Å². The molecule has 0 unspecified atom stereocenters. The monoisotopic (exact) mass is 410 g/mol. The van der Waals surface area contributed by atoms with Crippen LogP contribution in [-0.4, -0.2) is 20.7 Å². The number of hydrogen-bond acceptors (Lipinski definition) is 6. The first-order valence-electron chi connectivity index (χ1n) is 8.91. The average molecular weight is 411 g/mol. The van der Waals surface area contributed by atoms with Gasteiger partial charge in [-0.05, 0) is 69.9 Å². The van der Waals surface area contributed by atoms with Crippen LogP contribution in [0, 0.1) is 11.3 Å². The van der Waals surface area contributed by atoms with Crippen LogP contribution in [0.4, 0.5) is 0 Å². The zero-order chi connectivity index (χ0) is 20.5. The number of fused-ring (bicyclic) bond motifs is 1. The van der Waals surface area contributed by atoms with E-state index in [1.165, 1.54) is 23.3 Å². The maximum absolute atomic E-state index is 12.8. The SMILES string of the molecule is CC(C)(C)OC(=O)C(C)(C)Sc1ccc2cnsc2c1-c1cccc(C#N)c1. The van der Waals surface area contributed by atoms with E-state index >= 15 is 0 Å². The van der Waals surface area contributed by atoms with Crippen molar-refractivity contribution in [3.8, 4) is 17.2 Å². The zero-order valence-electron chi connectivity index (χ0n) is 16.6. The Balaban J connectivity index is 2.09. The van der Waals surface area contributed by atoms with E-state index in [4.69, 9.17) is 4.74 Å². The first-order chi connectivity index (χ1) is 13.1. The van der Waals surface area contributed by atoms with Crippen molar-refractivity contribution < 1.29 is 9.53 Å². The van der Waals surface area contributed by atoms with Crippen LogP contribution >= 0.6 is 23.3 Å². The van der Waals surface area contributed by atoms with Crippen molar-refractivity contribution in [2.45, 2.75) is 49.9 Å². The molecule has 1 aromatic heterocycles. The van der Waals surface area contributed by atoms with Crippen molar-refractivity contribution in [1.29, 1.82) is 5.26 Å². The van der Waals surface area contributed by atoms with Crippen molar-refractivity contribution in [1.82, 2.24) is 4.37 Å². The lowest BCUT2D eigenvalue weighted by molar-refractivity contribution is -0.156. The topological polar surface area (TPSA) is 63.0 Å². The molecule has 0 atom stereocenters. The largest absolute Gasteiger partial charge is 0.459 e. The van der Waals surface area contributed by atoms with Gasteiger partial charge in [-0.25, -0.2) is 0 Å². The Morgan fingerprint density at radius 1 is 1.18 bits per heavy atom. The maximum atomic E-state index is 12.8. The van der Waals surface area contributed by atoms with Crippen molar-refractivity contribution >= 4 is 39.3 Å².